The number of H-pyrrole nitrogens is 1. The first kappa shape index (κ1) is 7.70. The molecule has 3 nitrogen and oxygen atoms in total. The van der Waals surface area contributed by atoms with Crippen LogP contribution >= 0.6 is 11.3 Å². The Hall–Kier alpha value is -1.68. The average molecular weight is 202 g/mol. The second-order valence-electron chi connectivity index (χ2n) is 3.04. The van der Waals surface area contributed by atoms with Crippen molar-refractivity contribution < 1.29 is 0 Å². The Labute approximate surface area is 83.0 Å². The van der Waals surface area contributed by atoms with E-state index < -0.39 is 0 Å². The maximum absolute atomic E-state index is 11.2. The van der Waals surface area contributed by atoms with E-state index in [1.807, 2.05) is 17.6 Å². The van der Waals surface area contributed by atoms with Crippen molar-refractivity contribution in [2.45, 2.75) is 0 Å². The van der Waals surface area contributed by atoms with Gasteiger partial charge in [-0.2, -0.15) is 0 Å². The van der Waals surface area contributed by atoms with Crippen LogP contribution in [0.5, 0.6) is 0 Å². The summed E-state index contributed by atoms with van der Waals surface area (Å²) in [5.41, 5.74) is 1.57. The van der Waals surface area contributed by atoms with E-state index in [-0.39, 0.29) is 5.56 Å². The van der Waals surface area contributed by atoms with Gasteiger partial charge in [-0.25, -0.2) is 0 Å². The fraction of sp³-hybridized carbons (Fsp3) is 0. The lowest BCUT2D eigenvalue weighted by molar-refractivity contribution is 1.29. The Balaban J connectivity index is 2.66. The predicted molar refractivity (Wildman–Crippen MR) is 57.7 cm³/mol. The quantitative estimate of drug-likeness (QED) is 0.607. The van der Waals surface area contributed by atoms with E-state index in [9.17, 15) is 4.79 Å². The zero-order chi connectivity index (χ0) is 9.54. The van der Waals surface area contributed by atoms with Crippen LogP contribution in [0.25, 0.3) is 21.1 Å². The van der Waals surface area contributed by atoms with E-state index in [0.717, 1.165) is 21.1 Å². The van der Waals surface area contributed by atoms with Crippen molar-refractivity contribution in [1.29, 1.82) is 0 Å². The number of thiophene rings is 1. The maximum Gasteiger partial charge on any atom is 0.248 e. The summed E-state index contributed by atoms with van der Waals surface area (Å²) in [5.74, 6) is 0. The molecule has 0 spiro atoms. The summed E-state index contributed by atoms with van der Waals surface area (Å²) in [5, 5.41) is 3.06. The number of pyridine rings is 2. The number of hydrogen-bond acceptors (Lipinski definition) is 3. The molecule has 0 aromatic carbocycles. The molecule has 3 heterocycles. The van der Waals surface area contributed by atoms with Crippen LogP contribution in [0.15, 0.2) is 34.6 Å². The zero-order valence-corrected chi connectivity index (χ0v) is 7.97. The molecular weight excluding hydrogens is 196 g/mol. The highest BCUT2D eigenvalue weighted by Crippen LogP contribution is 2.24. The van der Waals surface area contributed by atoms with Gasteiger partial charge in [-0.3, -0.25) is 9.78 Å². The van der Waals surface area contributed by atoms with Crippen LogP contribution in [-0.4, -0.2) is 9.97 Å². The van der Waals surface area contributed by atoms with Crippen molar-refractivity contribution in [3.05, 3.63) is 40.1 Å². The molecule has 0 bridgehead atoms. The fourth-order valence-corrected chi connectivity index (χ4v) is 2.30. The first-order valence-electron chi connectivity index (χ1n) is 4.20. The average Bonchev–Trinajstić information content (AvgIpc) is 2.65. The normalized spacial score (nSPS) is 11.1. The molecule has 0 aliphatic rings. The summed E-state index contributed by atoms with van der Waals surface area (Å²) in [6.45, 7) is 0. The second kappa shape index (κ2) is 2.65. The molecule has 0 amide bonds. The van der Waals surface area contributed by atoms with E-state index in [2.05, 4.69) is 9.97 Å². The molecule has 68 valence electrons. The van der Waals surface area contributed by atoms with E-state index in [1.54, 1.807) is 17.4 Å². The lowest BCUT2D eigenvalue weighted by Gasteiger charge is -1.96. The largest absolute Gasteiger partial charge is 0.320 e. The molecule has 14 heavy (non-hydrogen) atoms. The van der Waals surface area contributed by atoms with Crippen LogP contribution < -0.4 is 5.56 Å². The second-order valence-corrected chi connectivity index (χ2v) is 3.99. The summed E-state index contributed by atoms with van der Waals surface area (Å²) < 4.78 is 1.10. The maximum atomic E-state index is 11.2. The lowest BCUT2D eigenvalue weighted by Crippen LogP contribution is -2.02. The van der Waals surface area contributed by atoms with Gasteiger partial charge in [0.2, 0.25) is 5.56 Å². The molecule has 3 aromatic rings. The Morgan fingerprint density at radius 3 is 3.14 bits per heavy atom. The van der Waals surface area contributed by atoms with Crippen molar-refractivity contribution in [1.82, 2.24) is 9.97 Å². The third kappa shape index (κ3) is 0.975. The number of aromatic amines is 1. The molecule has 3 aromatic heterocycles. The minimum atomic E-state index is -0.0852. The molecule has 0 fully saturated rings. The van der Waals surface area contributed by atoms with Crippen molar-refractivity contribution >= 4 is 32.5 Å². The van der Waals surface area contributed by atoms with Gasteiger partial charge >= 0.3 is 0 Å². The smallest absolute Gasteiger partial charge is 0.248 e. The van der Waals surface area contributed by atoms with Gasteiger partial charge in [0.05, 0.1) is 15.7 Å². The highest BCUT2D eigenvalue weighted by Gasteiger charge is 2.02. The summed E-state index contributed by atoms with van der Waals surface area (Å²) >= 11 is 1.62. The Morgan fingerprint density at radius 1 is 1.29 bits per heavy atom. The SMILES string of the molecule is O=c1ccc2ncc3sccc3c2[nH]1. The first-order valence-corrected chi connectivity index (χ1v) is 5.08. The third-order valence-electron chi connectivity index (χ3n) is 2.18. The van der Waals surface area contributed by atoms with Crippen molar-refractivity contribution in [3.63, 3.8) is 0 Å². The summed E-state index contributed by atoms with van der Waals surface area (Å²) in [6.07, 6.45) is 1.83. The van der Waals surface area contributed by atoms with Crippen molar-refractivity contribution in [2.75, 3.05) is 0 Å². The van der Waals surface area contributed by atoms with Gasteiger partial charge in [0.15, 0.2) is 0 Å². The van der Waals surface area contributed by atoms with E-state index in [0.29, 0.717) is 0 Å². The predicted octanol–water partition coefficient (Wildman–Crippen LogP) is 2.14. The van der Waals surface area contributed by atoms with Crippen molar-refractivity contribution in [2.24, 2.45) is 0 Å². The van der Waals surface area contributed by atoms with Crippen LogP contribution in [0.1, 0.15) is 0 Å². The highest BCUT2D eigenvalue weighted by atomic mass is 32.1. The molecular formula is C10H6N2OS. The zero-order valence-electron chi connectivity index (χ0n) is 7.15. The van der Waals surface area contributed by atoms with Gasteiger partial charge in [-0.1, -0.05) is 0 Å². The summed E-state index contributed by atoms with van der Waals surface area (Å²) in [7, 11) is 0. The molecule has 0 saturated heterocycles. The number of hydrogen-bond donors (Lipinski definition) is 1. The van der Waals surface area contributed by atoms with Gasteiger partial charge in [-0.15, -0.1) is 11.3 Å². The van der Waals surface area contributed by atoms with Crippen LogP contribution in [0.4, 0.5) is 0 Å². The van der Waals surface area contributed by atoms with Crippen LogP contribution in [-0.2, 0) is 0 Å². The topological polar surface area (TPSA) is 45.8 Å². The molecule has 1 N–H and O–H groups in total. The van der Waals surface area contributed by atoms with Gasteiger partial charge < -0.3 is 4.98 Å². The third-order valence-corrected chi connectivity index (χ3v) is 3.03. The lowest BCUT2D eigenvalue weighted by atomic mass is 10.2. The molecule has 0 radical (unpaired) electrons. The minimum Gasteiger partial charge on any atom is -0.320 e. The van der Waals surface area contributed by atoms with Crippen LogP contribution in [0.3, 0.4) is 0 Å². The Morgan fingerprint density at radius 2 is 2.21 bits per heavy atom. The standard InChI is InChI=1S/C10H6N2OS/c13-9-2-1-7-10(12-9)6-3-4-14-8(6)5-11-7/h1-5H,(H,12,13). The molecule has 0 aliphatic heterocycles. The molecule has 4 heteroatoms. The van der Waals surface area contributed by atoms with Gasteiger partial charge in [0, 0.05) is 17.6 Å². The van der Waals surface area contributed by atoms with Gasteiger partial charge in [0.1, 0.15) is 0 Å². The first-order chi connectivity index (χ1) is 6.84. The van der Waals surface area contributed by atoms with Crippen LogP contribution in [0.2, 0.25) is 0 Å². The number of rotatable bonds is 0. The number of nitrogens with zero attached hydrogens (tertiary/aromatic N) is 1. The van der Waals surface area contributed by atoms with Crippen molar-refractivity contribution in [3.8, 4) is 0 Å². The summed E-state index contributed by atoms with van der Waals surface area (Å²) in [6, 6.07) is 5.23. The van der Waals surface area contributed by atoms with Gasteiger partial charge in [0.25, 0.3) is 0 Å². The molecule has 0 unspecified atom stereocenters. The van der Waals surface area contributed by atoms with E-state index in [1.165, 1.54) is 6.07 Å². The Bertz CT molecular complexity index is 668. The van der Waals surface area contributed by atoms with E-state index in [4.69, 9.17) is 0 Å². The van der Waals surface area contributed by atoms with Gasteiger partial charge in [-0.05, 0) is 17.5 Å². The number of fused-ring (bicyclic) bond motifs is 3. The minimum absolute atomic E-state index is 0.0852. The Kier molecular flexibility index (Phi) is 1.46. The molecule has 0 saturated carbocycles. The number of nitrogens with one attached hydrogen (secondary N) is 1. The molecule has 3 rings (SSSR count). The molecule has 0 aliphatic carbocycles. The monoisotopic (exact) mass is 202 g/mol. The van der Waals surface area contributed by atoms with Crippen LogP contribution in [0, 0.1) is 0 Å². The fourth-order valence-electron chi connectivity index (χ4n) is 1.54. The number of aromatic nitrogens is 2. The van der Waals surface area contributed by atoms with E-state index >= 15 is 0 Å². The summed E-state index contributed by atoms with van der Waals surface area (Å²) in [4.78, 5) is 18.2. The molecule has 0 atom stereocenters. The highest BCUT2D eigenvalue weighted by molar-refractivity contribution is 7.17.